The molecule has 8 heteroatoms. The van der Waals surface area contributed by atoms with Gasteiger partial charge in [0.05, 0.1) is 26.2 Å². The molecule has 7 nitrogen and oxygen atoms in total. The predicted octanol–water partition coefficient (Wildman–Crippen LogP) is 3.06. The van der Waals surface area contributed by atoms with Gasteiger partial charge in [0, 0.05) is 11.8 Å². The smallest absolute Gasteiger partial charge is 0.247 e. The van der Waals surface area contributed by atoms with Crippen molar-refractivity contribution in [3.05, 3.63) is 48.0 Å². The summed E-state index contributed by atoms with van der Waals surface area (Å²) in [4.78, 5) is 12.8. The third-order valence-corrected chi connectivity index (χ3v) is 5.57. The summed E-state index contributed by atoms with van der Waals surface area (Å²) in [6.45, 7) is 3.57. The van der Waals surface area contributed by atoms with Crippen molar-refractivity contribution in [3.63, 3.8) is 0 Å². The summed E-state index contributed by atoms with van der Waals surface area (Å²) in [5, 5.41) is 2.76. The third-order valence-electron chi connectivity index (χ3n) is 4.34. The maximum Gasteiger partial charge on any atom is 0.247 e. The van der Waals surface area contributed by atoms with Gasteiger partial charge in [-0.3, -0.25) is 9.10 Å². The lowest BCUT2D eigenvalue weighted by Crippen LogP contribution is -2.45. The van der Waals surface area contributed by atoms with Crippen molar-refractivity contribution in [1.82, 2.24) is 0 Å². The van der Waals surface area contributed by atoms with Gasteiger partial charge in [0.1, 0.15) is 17.5 Å². The van der Waals surface area contributed by atoms with E-state index in [0.717, 1.165) is 22.5 Å². The molecule has 0 bridgehead atoms. The number of anilines is 2. The average molecular weight is 407 g/mol. The molecule has 0 aliphatic heterocycles. The Morgan fingerprint density at radius 3 is 2.25 bits per heavy atom. The van der Waals surface area contributed by atoms with Crippen molar-refractivity contribution in [1.29, 1.82) is 0 Å². The molecule has 1 atom stereocenters. The van der Waals surface area contributed by atoms with E-state index in [0.29, 0.717) is 17.2 Å². The first-order chi connectivity index (χ1) is 13.2. The number of carbonyl (C=O) groups excluding carboxylic acids is 1. The number of nitrogens with zero attached hydrogens (tertiary/aromatic N) is 1. The molecule has 152 valence electrons. The van der Waals surface area contributed by atoms with E-state index in [9.17, 15) is 13.2 Å². The number of aryl methyl sites for hydroxylation is 1. The van der Waals surface area contributed by atoms with Crippen molar-refractivity contribution in [2.24, 2.45) is 0 Å². The first kappa shape index (κ1) is 21.6. The minimum absolute atomic E-state index is 0.230. The number of hydrogen-bond donors (Lipinski definition) is 1. The fourth-order valence-corrected chi connectivity index (χ4v) is 3.99. The van der Waals surface area contributed by atoms with Crippen LogP contribution in [0.4, 0.5) is 11.4 Å². The van der Waals surface area contributed by atoms with E-state index in [1.165, 1.54) is 27.2 Å². The van der Waals surface area contributed by atoms with Crippen LogP contribution in [0.3, 0.4) is 0 Å². The van der Waals surface area contributed by atoms with Crippen molar-refractivity contribution >= 4 is 27.3 Å². The highest BCUT2D eigenvalue weighted by Gasteiger charge is 2.31. The number of nitrogens with one attached hydrogen (secondary N) is 1. The molecule has 0 fully saturated rings. The Morgan fingerprint density at radius 1 is 1.11 bits per heavy atom. The highest BCUT2D eigenvalue weighted by atomic mass is 32.2. The maximum absolute atomic E-state index is 12.8. The number of benzene rings is 2. The highest BCUT2D eigenvalue weighted by molar-refractivity contribution is 7.92. The molecular weight excluding hydrogens is 380 g/mol. The van der Waals surface area contributed by atoms with Crippen LogP contribution < -0.4 is 19.1 Å². The number of carbonyl (C=O) groups is 1. The van der Waals surface area contributed by atoms with E-state index in [1.807, 2.05) is 19.1 Å². The Hall–Kier alpha value is -2.74. The van der Waals surface area contributed by atoms with Crippen LogP contribution in [0.25, 0.3) is 0 Å². The van der Waals surface area contributed by atoms with Crippen LogP contribution in [0.5, 0.6) is 11.5 Å². The molecule has 2 aromatic rings. The molecule has 0 spiro atoms. The Labute approximate surface area is 166 Å². The fraction of sp³-hybridized carbons (Fsp3) is 0.350. The first-order valence-corrected chi connectivity index (χ1v) is 10.7. The first-order valence-electron chi connectivity index (χ1n) is 8.82. The summed E-state index contributed by atoms with van der Waals surface area (Å²) < 4.78 is 36.6. The average Bonchev–Trinajstić information content (AvgIpc) is 2.67. The molecule has 0 heterocycles. The molecule has 28 heavy (non-hydrogen) atoms. The minimum Gasteiger partial charge on any atom is -0.497 e. The van der Waals surface area contributed by atoms with Crippen LogP contribution in [-0.4, -0.2) is 40.8 Å². The molecule has 0 saturated carbocycles. The molecule has 2 rings (SSSR count). The molecule has 2 aromatic carbocycles. The van der Waals surface area contributed by atoms with Gasteiger partial charge in [-0.25, -0.2) is 8.42 Å². The number of ether oxygens (including phenoxy) is 2. The van der Waals surface area contributed by atoms with Crippen molar-refractivity contribution in [2.75, 3.05) is 30.1 Å². The van der Waals surface area contributed by atoms with E-state index in [-0.39, 0.29) is 5.69 Å². The van der Waals surface area contributed by atoms with Gasteiger partial charge in [-0.1, -0.05) is 19.1 Å². The van der Waals surface area contributed by atoms with Gasteiger partial charge in [0.15, 0.2) is 0 Å². The Bertz CT molecular complexity index is 926. The Morgan fingerprint density at radius 2 is 1.75 bits per heavy atom. The number of rotatable bonds is 8. The quantitative estimate of drug-likeness (QED) is 0.728. The van der Waals surface area contributed by atoms with Crippen molar-refractivity contribution in [3.8, 4) is 11.5 Å². The zero-order chi connectivity index (χ0) is 20.9. The summed E-state index contributed by atoms with van der Waals surface area (Å²) in [7, 11) is -0.871. The molecule has 0 aromatic heterocycles. The molecule has 0 unspecified atom stereocenters. The van der Waals surface area contributed by atoms with Gasteiger partial charge in [-0.05, 0) is 43.2 Å². The zero-order valence-electron chi connectivity index (χ0n) is 16.7. The van der Waals surface area contributed by atoms with Crippen LogP contribution in [0.15, 0.2) is 42.5 Å². The standard InChI is InChI=1S/C20H26N2O5S/c1-6-15-7-9-16(10-8-15)21-20(23)14(2)22(28(5,24)25)18-13-17(26-3)11-12-19(18)27-4/h7-14H,6H2,1-5H3,(H,21,23)/t14-/m1/s1. The predicted molar refractivity (Wildman–Crippen MR) is 111 cm³/mol. The number of amides is 1. The van der Waals surface area contributed by atoms with Gasteiger partial charge in [-0.15, -0.1) is 0 Å². The highest BCUT2D eigenvalue weighted by Crippen LogP contribution is 2.35. The molecule has 0 radical (unpaired) electrons. The van der Waals surface area contributed by atoms with E-state index >= 15 is 0 Å². The van der Waals surface area contributed by atoms with Gasteiger partial charge in [0.25, 0.3) is 0 Å². The zero-order valence-corrected chi connectivity index (χ0v) is 17.5. The molecule has 1 N–H and O–H groups in total. The van der Waals surface area contributed by atoms with Crippen LogP contribution in [0.1, 0.15) is 19.4 Å². The Kier molecular flexibility index (Phi) is 6.90. The van der Waals surface area contributed by atoms with Crippen LogP contribution in [0.2, 0.25) is 0 Å². The van der Waals surface area contributed by atoms with E-state index in [2.05, 4.69) is 5.32 Å². The number of hydrogen-bond acceptors (Lipinski definition) is 5. The monoisotopic (exact) mass is 406 g/mol. The lowest BCUT2D eigenvalue weighted by atomic mass is 10.1. The van der Waals surface area contributed by atoms with Gasteiger partial charge >= 0.3 is 0 Å². The van der Waals surface area contributed by atoms with Crippen LogP contribution in [0, 0.1) is 0 Å². The number of methoxy groups -OCH3 is 2. The summed E-state index contributed by atoms with van der Waals surface area (Å²) in [5.74, 6) is 0.310. The second-order valence-corrected chi connectivity index (χ2v) is 8.17. The molecule has 0 saturated heterocycles. The van der Waals surface area contributed by atoms with Gasteiger partial charge < -0.3 is 14.8 Å². The largest absolute Gasteiger partial charge is 0.497 e. The maximum atomic E-state index is 12.8. The van der Waals surface area contributed by atoms with Gasteiger partial charge in [-0.2, -0.15) is 0 Å². The molecule has 0 aliphatic carbocycles. The molecule has 1 amide bonds. The Balaban J connectivity index is 2.38. The third kappa shape index (κ3) is 4.95. The lowest BCUT2D eigenvalue weighted by Gasteiger charge is -2.29. The van der Waals surface area contributed by atoms with Crippen LogP contribution >= 0.6 is 0 Å². The molecular formula is C20H26N2O5S. The summed E-state index contributed by atoms with van der Waals surface area (Å²) >= 11 is 0. The topological polar surface area (TPSA) is 84.9 Å². The molecule has 0 aliphatic rings. The number of sulfonamides is 1. The summed E-state index contributed by atoms with van der Waals surface area (Å²) in [5.41, 5.74) is 1.97. The summed E-state index contributed by atoms with van der Waals surface area (Å²) in [6, 6.07) is 11.2. The van der Waals surface area contributed by atoms with Crippen molar-refractivity contribution < 1.29 is 22.7 Å². The van der Waals surface area contributed by atoms with E-state index in [1.54, 1.807) is 24.3 Å². The van der Waals surface area contributed by atoms with Crippen molar-refractivity contribution in [2.45, 2.75) is 26.3 Å². The SMILES string of the molecule is CCc1ccc(NC(=O)[C@@H](C)N(c2cc(OC)ccc2OC)S(C)(=O)=O)cc1. The summed E-state index contributed by atoms with van der Waals surface area (Å²) in [6.07, 6.45) is 1.94. The van der Waals surface area contributed by atoms with E-state index in [4.69, 9.17) is 9.47 Å². The minimum atomic E-state index is -3.79. The van der Waals surface area contributed by atoms with Crippen LogP contribution in [-0.2, 0) is 21.2 Å². The second-order valence-electron chi connectivity index (χ2n) is 6.31. The van der Waals surface area contributed by atoms with E-state index < -0.39 is 22.0 Å². The lowest BCUT2D eigenvalue weighted by molar-refractivity contribution is -0.116. The second kappa shape index (κ2) is 8.97. The normalized spacial score (nSPS) is 12.2. The van der Waals surface area contributed by atoms with Gasteiger partial charge in [0.2, 0.25) is 15.9 Å². The fourth-order valence-electron chi connectivity index (χ4n) is 2.82.